The number of aromatic hydroxyl groups is 2. The van der Waals surface area contributed by atoms with Crippen molar-refractivity contribution in [3.05, 3.63) is 123 Å². The van der Waals surface area contributed by atoms with Crippen molar-refractivity contribution in [1.82, 2.24) is 0 Å². The van der Waals surface area contributed by atoms with E-state index in [-0.39, 0.29) is 104 Å². The first-order chi connectivity index (χ1) is 34.1. The Balaban J connectivity index is 1.32. The topological polar surface area (TPSA) is 343 Å². The zero-order chi connectivity index (χ0) is 52.2. The number of carbonyl (C=O) groups is 2. The maximum atomic E-state index is 13.5. The first-order valence-electron chi connectivity index (χ1n) is 19.4. The fourth-order valence-electron chi connectivity index (χ4n) is 6.80. The molecule has 0 unspecified atom stereocenters. The molecular formula is C42H29Cl3N6O17S4. The van der Waals surface area contributed by atoms with E-state index in [9.17, 15) is 45.7 Å². The van der Waals surface area contributed by atoms with Crippen LogP contribution in [-0.2, 0) is 39.0 Å². The molecular weight excluding hydrogens is 1100 g/mol. The van der Waals surface area contributed by atoms with Gasteiger partial charge in [-0.05, 0) is 90.0 Å². The van der Waals surface area contributed by atoms with Gasteiger partial charge in [-0.2, -0.15) is 16.8 Å². The van der Waals surface area contributed by atoms with E-state index in [2.05, 4.69) is 49.8 Å². The summed E-state index contributed by atoms with van der Waals surface area (Å²) in [4.78, 5) is 25.1. The lowest BCUT2D eigenvalue weighted by molar-refractivity contribution is -0.432. The number of hydrogen-bond donors (Lipinski definition) is 8. The summed E-state index contributed by atoms with van der Waals surface area (Å²) in [6.07, 6.45) is 0. The van der Waals surface area contributed by atoms with E-state index >= 15 is 0 Å². The number of aryl methyl sites for hydroxylation is 1. The van der Waals surface area contributed by atoms with Crippen LogP contribution in [0.25, 0.3) is 21.5 Å². The lowest BCUT2D eigenvalue weighted by atomic mass is 10.1. The normalized spacial score (nSPS) is 12.1. The number of phenolic OH excluding ortho intramolecular Hbond substituents is 2. The molecule has 374 valence electrons. The van der Waals surface area contributed by atoms with Crippen LogP contribution in [0.2, 0.25) is 15.1 Å². The van der Waals surface area contributed by atoms with Crippen LogP contribution in [0, 0.1) is 6.92 Å². The van der Waals surface area contributed by atoms with Gasteiger partial charge in [-0.15, -0.1) is 29.1 Å². The number of phenols is 2. The highest BCUT2D eigenvalue weighted by Gasteiger charge is 2.27. The summed E-state index contributed by atoms with van der Waals surface area (Å²) >= 11 is 19.3. The van der Waals surface area contributed by atoms with Crippen LogP contribution in [0.4, 0.5) is 34.1 Å². The van der Waals surface area contributed by atoms with Gasteiger partial charge in [0.05, 0.1) is 84.2 Å². The molecule has 8 N–H and O–H groups in total. The summed E-state index contributed by atoms with van der Waals surface area (Å²) in [5.74, 6) is -3.38. The van der Waals surface area contributed by atoms with Crippen molar-refractivity contribution >= 4 is 147 Å². The zero-order valence-electron chi connectivity index (χ0n) is 35.9. The minimum atomic E-state index is -5.20. The number of methoxy groups -OCH3 is 1. The second-order valence-corrected chi connectivity index (χ2v) is 19.9. The number of nitrogens with one attached hydrogen (secondary N) is 2. The quantitative estimate of drug-likeness (QED) is 0.0138. The molecule has 0 heterocycles. The van der Waals surface area contributed by atoms with Gasteiger partial charge in [0.2, 0.25) is 0 Å². The van der Waals surface area contributed by atoms with Gasteiger partial charge in [0.15, 0.2) is 11.5 Å². The number of rotatable bonds is 17. The van der Waals surface area contributed by atoms with Crippen LogP contribution in [0.1, 0.15) is 26.3 Å². The Kier molecular flexibility index (Phi) is 16.5. The highest BCUT2D eigenvalue weighted by molar-refractivity contribution is 7.95. The van der Waals surface area contributed by atoms with Crippen molar-refractivity contribution in [2.45, 2.75) is 26.5 Å². The Morgan fingerprint density at radius 2 is 1.22 bits per heavy atom. The number of fused-ring (bicyclic) bond motifs is 2. The van der Waals surface area contributed by atoms with E-state index in [4.69, 9.17) is 50.1 Å². The summed E-state index contributed by atoms with van der Waals surface area (Å²) < 4.78 is 85.2. The largest absolute Gasteiger partial charge is 0.505 e. The van der Waals surface area contributed by atoms with Crippen LogP contribution in [0.5, 0.6) is 17.2 Å². The smallest absolute Gasteiger partial charge is 0.296 e. The van der Waals surface area contributed by atoms with Crippen molar-refractivity contribution < 1.29 is 79.7 Å². The lowest BCUT2D eigenvalue weighted by Crippen LogP contribution is -2.13. The highest BCUT2D eigenvalue weighted by Crippen LogP contribution is 2.49. The average Bonchev–Trinajstić information content (AvgIpc) is 3.32. The third-order valence-electron chi connectivity index (χ3n) is 9.96. The third kappa shape index (κ3) is 11.7. The molecule has 7 rings (SSSR count). The van der Waals surface area contributed by atoms with Gasteiger partial charge in [-0.25, -0.2) is 10.5 Å². The van der Waals surface area contributed by atoms with E-state index in [0.29, 0.717) is 12.0 Å². The lowest BCUT2D eigenvalue weighted by Gasteiger charge is -2.15. The third-order valence-corrected chi connectivity index (χ3v) is 14.0. The van der Waals surface area contributed by atoms with Crippen molar-refractivity contribution in [1.29, 1.82) is 0 Å². The number of azo groups is 2. The van der Waals surface area contributed by atoms with Crippen molar-refractivity contribution in [3.8, 4) is 17.2 Å². The van der Waals surface area contributed by atoms with Crippen molar-refractivity contribution in [3.63, 3.8) is 0 Å². The molecule has 0 atom stereocenters. The molecule has 0 aromatic heterocycles. The number of ether oxygens (including phenoxy) is 1. The zero-order valence-corrected chi connectivity index (χ0v) is 41.4. The molecule has 0 aliphatic carbocycles. The molecule has 0 radical (unpaired) electrons. The molecule has 72 heavy (non-hydrogen) atoms. The predicted octanol–water partition coefficient (Wildman–Crippen LogP) is 12.4. The second-order valence-electron chi connectivity index (χ2n) is 14.4. The fraction of sp³-hybridized carbons (Fsp3) is 0.0476. The van der Waals surface area contributed by atoms with E-state index in [1.807, 2.05) is 0 Å². The van der Waals surface area contributed by atoms with Crippen molar-refractivity contribution in [2.75, 3.05) is 17.7 Å². The number of carbonyl (C=O) groups excluding carboxylic acids is 2. The number of hydrogen-bond acceptors (Lipinski definition) is 21. The SMILES string of the molecule is COc1cc(N=Nc2c(S(=O)(=O)O)cc3cc(SOOO)cc(NC(=O)c4cccc(Cl)c4Cl)c3c2O)c(C)cc1N=Nc1c(SOOO)cc2cc(S(=O)(=O)O)cc(NC(=O)c3ccccc3Cl)c2c1O. The standard InChI is InChI=1S/C42H29Cl3N6O17S4/c1-18-10-28(49-50-37-32(70-68-66-57)13-20-12-22(71(58,59)60)16-30(35(20)39(37)52)47-41(54)23-6-3-4-8-25(23)43)31(64-2)17-27(18)48-51-38-33(72(61,62)63)14-19-11-21(69-67-65-56)15-29(34(19)40(38)53)46-42(55)24-7-5-9-26(44)36(24)45/h3-17,52-53,56-57H,1-2H3,(H,46,55)(H,47,54)(H,58,59,60)(H,61,62,63). The molecule has 7 aromatic rings. The number of nitrogens with zero attached hydrogens (tertiary/aromatic N) is 4. The van der Waals surface area contributed by atoms with E-state index in [0.717, 1.165) is 18.2 Å². The summed E-state index contributed by atoms with van der Waals surface area (Å²) in [6.45, 7) is 1.50. The predicted molar refractivity (Wildman–Crippen MR) is 262 cm³/mol. The molecule has 0 aliphatic rings. The van der Waals surface area contributed by atoms with E-state index in [1.165, 1.54) is 80.8 Å². The van der Waals surface area contributed by atoms with Gasteiger partial charge in [0.25, 0.3) is 32.1 Å². The molecule has 7 aromatic carbocycles. The first kappa shape index (κ1) is 53.5. The van der Waals surface area contributed by atoms with Crippen LogP contribution in [0.15, 0.2) is 131 Å². The minimum Gasteiger partial charge on any atom is -0.505 e. The summed E-state index contributed by atoms with van der Waals surface area (Å²) in [5, 5.41) is 69.5. The monoisotopic (exact) mass is 1120 g/mol. The van der Waals surface area contributed by atoms with E-state index in [1.54, 1.807) is 6.07 Å². The second kappa shape index (κ2) is 22.3. The van der Waals surface area contributed by atoms with Gasteiger partial charge < -0.3 is 25.6 Å². The first-order valence-corrected chi connectivity index (χ1v) is 24.9. The summed E-state index contributed by atoms with van der Waals surface area (Å²) in [5.41, 5.74) is -1.67. The average molecular weight is 1120 g/mol. The molecule has 0 saturated carbocycles. The van der Waals surface area contributed by atoms with Crippen LogP contribution in [0.3, 0.4) is 0 Å². The van der Waals surface area contributed by atoms with Crippen LogP contribution >= 0.6 is 58.9 Å². The molecule has 0 saturated heterocycles. The Labute approximate surface area is 428 Å². The maximum Gasteiger partial charge on any atom is 0.296 e. The number of benzene rings is 7. The Morgan fingerprint density at radius 3 is 1.88 bits per heavy atom. The number of halogens is 3. The molecule has 2 amide bonds. The van der Waals surface area contributed by atoms with Gasteiger partial charge in [0, 0.05) is 21.7 Å². The van der Waals surface area contributed by atoms with Gasteiger partial charge >= 0.3 is 0 Å². The fourth-order valence-corrected chi connectivity index (χ4v) is 9.55. The Bertz CT molecular complexity index is 3650. The van der Waals surface area contributed by atoms with Gasteiger partial charge in [-0.1, -0.05) is 63.1 Å². The molecule has 0 aliphatic heterocycles. The van der Waals surface area contributed by atoms with Gasteiger partial charge in [-0.3, -0.25) is 18.7 Å². The Morgan fingerprint density at radius 1 is 0.639 bits per heavy atom. The molecule has 30 heteroatoms. The molecule has 0 spiro atoms. The maximum absolute atomic E-state index is 13.5. The summed E-state index contributed by atoms with van der Waals surface area (Å²) in [6, 6.07) is 19.2. The number of anilines is 2. The van der Waals surface area contributed by atoms with E-state index < -0.39 is 64.7 Å². The van der Waals surface area contributed by atoms with Crippen LogP contribution in [-0.4, -0.2) is 65.6 Å². The molecule has 0 fully saturated rings. The molecule has 23 nitrogen and oxygen atoms in total. The Hall–Kier alpha value is -6.25. The summed E-state index contributed by atoms with van der Waals surface area (Å²) in [7, 11) is -8.89. The highest BCUT2D eigenvalue weighted by atomic mass is 35.5. The van der Waals surface area contributed by atoms with Crippen LogP contribution < -0.4 is 15.4 Å². The minimum absolute atomic E-state index is 0.0320. The molecule has 0 bridgehead atoms. The van der Waals surface area contributed by atoms with Gasteiger partial charge in [0.1, 0.15) is 27.7 Å². The van der Waals surface area contributed by atoms with Crippen molar-refractivity contribution in [2.24, 2.45) is 20.5 Å². The number of amides is 2.